The molecule has 11 nitrogen and oxygen atoms in total. The summed E-state index contributed by atoms with van der Waals surface area (Å²) < 4.78 is 17.5. The Bertz CT molecular complexity index is 1670. The molecule has 2 amide bonds. The van der Waals surface area contributed by atoms with Crippen molar-refractivity contribution in [2.75, 3.05) is 71.0 Å². The number of phenolic OH excluding ortho intramolecular Hbond substituents is 2. The van der Waals surface area contributed by atoms with E-state index in [1.165, 1.54) is 5.56 Å². The second-order valence-corrected chi connectivity index (χ2v) is 14.8. The minimum Gasteiger partial charge on any atom is -0.508 e. The number of ether oxygens (including phenoxy) is 3. The van der Waals surface area contributed by atoms with Crippen molar-refractivity contribution < 1.29 is 34.0 Å². The summed E-state index contributed by atoms with van der Waals surface area (Å²) in [6.45, 7) is 10.3. The first-order valence-corrected chi connectivity index (χ1v) is 19.3. The average Bonchev–Trinajstić information content (AvgIpc) is 3.69. The second-order valence-electron chi connectivity index (χ2n) is 14.8. The standard InChI is InChI=1S/C42H56N4O7/c1-30(2)45-21-17-42(18-22-45,33-7-4-3-5-8-33)35-27-31(10-12-36(35)47)15-25-51-26-16-39(50)46(28-34-9-6-24-52-34)23-20-43-19-14-32-11-13-37(48)40-41(32)53-29-38(49)44-40/h3-5,7-8,10-13,27,30,34,43,47-48H,6,9,14-26,28-29H2,1-2H3,(H,44,49)/t34-/m1/s1. The highest BCUT2D eigenvalue weighted by Crippen LogP contribution is 2.46. The molecule has 0 radical (unpaired) electrons. The smallest absolute Gasteiger partial charge is 0.262 e. The first-order valence-electron chi connectivity index (χ1n) is 19.3. The van der Waals surface area contributed by atoms with Crippen LogP contribution >= 0.6 is 0 Å². The summed E-state index contributed by atoms with van der Waals surface area (Å²) in [5.74, 6) is 0.581. The molecule has 3 aliphatic heterocycles. The molecule has 0 unspecified atom stereocenters. The molecule has 3 aliphatic rings. The van der Waals surface area contributed by atoms with Gasteiger partial charge in [-0.1, -0.05) is 48.5 Å². The Morgan fingerprint density at radius 1 is 1.04 bits per heavy atom. The fourth-order valence-corrected chi connectivity index (χ4v) is 7.95. The monoisotopic (exact) mass is 728 g/mol. The summed E-state index contributed by atoms with van der Waals surface area (Å²) >= 11 is 0. The van der Waals surface area contributed by atoms with Crippen molar-refractivity contribution in [1.29, 1.82) is 0 Å². The fourth-order valence-electron chi connectivity index (χ4n) is 7.95. The van der Waals surface area contributed by atoms with E-state index >= 15 is 0 Å². The van der Waals surface area contributed by atoms with Crippen LogP contribution in [-0.4, -0.2) is 110 Å². The maximum Gasteiger partial charge on any atom is 0.262 e. The van der Waals surface area contributed by atoms with Gasteiger partial charge >= 0.3 is 0 Å². The number of aromatic hydroxyl groups is 2. The minimum absolute atomic E-state index is 0.0172. The van der Waals surface area contributed by atoms with Gasteiger partial charge in [0.25, 0.3) is 5.91 Å². The van der Waals surface area contributed by atoms with Crippen LogP contribution in [0.1, 0.15) is 68.2 Å². The quantitative estimate of drug-likeness (QED) is 0.112. The number of anilines is 1. The van der Waals surface area contributed by atoms with E-state index in [1.54, 1.807) is 12.1 Å². The number of rotatable bonds is 17. The van der Waals surface area contributed by atoms with Gasteiger partial charge in [-0.05, 0) is 101 Å². The Morgan fingerprint density at radius 2 is 1.83 bits per heavy atom. The van der Waals surface area contributed by atoms with Crippen LogP contribution in [-0.2, 0) is 37.3 Å². The van der Waals surface area contributed by atoms with Gasteiger partial charge in [0.2, 0.25) is 5.91 Å². The lowest BCUT2D eigenvalue weighted by Crippen LogP contribution is -2.45. The fraction of sp³-hybridized carbons (Fsp3) is 0.524. The Balaban J connectivity index is 0.987. The van der Waals surface area contributed by atoms with E-state index in [0.29, 0.717) is 81.9 Å². The first kappa shape index (κ1) is 38.6. The third kappa shape index (κ3) is 9.69. The molecular formula is C42H56N4O7. The van der Waals surface area contributed by atoms with Crippen molar-refractivity contribution in [3.8, 4) is 17.2 Å². The zero-order chi connectivity index (χ0) is 37.2. The Labute approximate surface area is 313 Å². The largest absolute Gasteiger partial charge is 0.508 e. The molecule has 0 bridgehead atoms. The van der Waals surface area contributed by atoms with E-state index < -0.39 is 0 Å². The van der Waals surface area contributed by atoms with Crippen molar-refractivity contribution in [3.63, 3.8) is 0 Å². The van der Waals surface area contributed by atoms with Gasteiger partial charge in [0.15, 0.2) is 12.4 Å². The summed E-state index contributed by atoms with van der Waals surface area (Å²) in [5, 5.41) is 27.4. The van der Waals surface area contributed by atoms with Gasteiger partial charge in [-0.25, -0.2) is 0 Å². The molecule has 286 valence electrons. The van der Waals surface area contributed by atoms with Crippen LogP contribution in [0.2, 0.25) is 0 Å². The van der Waals surface area contributed by atoms with Crippen molar-refractivity contribution in [1.82, 2.24) is 15.1 Å². The maximum atomic E-state index is 13.4. The van der Waals surface area contributed by atoms with Gasteiger partial charge in [-0.3, -0.25) is 9.59 Å². The summed E-state index contributed by atoms with van der Waals surface area (Å²) in [7, 11) is 0. The molecule has 53 heavy (non-hydrogen) atoms. The predicted octanol–water partition coefficient (Wildman–Crippen LogP) is 5.01. The molecule has 11 heteroatoms. The molecule has 3 aromatic carbocycles. The van der Waals surface area contributed by atoms with Gasteiger partial charge in [0.05, 0.1) is 25.7 Å². The summed E-state index contributed by atoms with van der Waals surface area (Å²) in [6, 6.07) is 20.4. The number of piperidine rings is 1. The van der Waals surface area contributed by atoms with Gasteiger partial charge in [-0.15, -0.1) is 0 Å². The third-order valence-electron chi connectivity index (χ3n) is 11.0. The van der Waals surface area contributed by atoms with Crippen molar-refractivity contribution in [2.24, 2.45) is 0 Å². The Morgan fingerprint density at radius 3 is 2.58 bits per heavy atom. The number of amides is 2. The normalized spacial score (nSPS) is 18.4. The number of hydrogen-bond donors (Lipinski definition) is 4. The number of nitrogens with one attached hydrogen (secondary N) is 2. The van der Waals surface area contributed by atoms with Crippen molar-refractivity contribution in [2.45, 2.75) is 76.4 Å². The van der Waals surface area contributed by atoms with Crippen LogP contribution in [0.25, 0.3) is 0 Å². The molecule has 4 N–H and O–H groups in total. The molecule has 3 heterocycles. The molecule has 0 aliphatic carbocycles. The molecular weight excluding hydrogens is 672 g/mol. The van der Waals surface area contributed by atoms with Crippen LogP contribution in [0.3, 0.4) is 0 Å². The predicted molar refractivity (Wildman–Crippen MR) is 205 cm³/mol. The lowest BCUT2D eigenvalue weighted by atomic mass is 9.67. The number of benzene rings is 3. The SMILES string of the molecule is CC(C)N1CCC(c2ccccc2)(c2cc(CCOCCC(=O)N(CCNCCc3ccc(O)c4c3OCC(=O)N4)C[C@H]3CCCO3)ccc2O)CC1. The number of hydrogen-bond acceptors (Lipinski definition) is 9. The number of carbonyl (C=O) groups is 2. The highest BCUT2D eigenvalue weighted by atomic mass is 16.5. The number of carbonyl (C=O) groups excluding carboxylic acids is 2. The zero-order valence-corrected chi connectivity index (χ0v) is 31.3. The zero-order valence-electron chi connectivity index (χ0n) is 31.3. The summed E-state index contributed by atoms with van der Waals surface area (Å²) in [5.41, 5.74) is 4.30. The van der Waals surface area contributed by atoms with E-state index in [4.69, 9.17) is 14.2 Å². The number of phenols is 2. The first-order chi connectivity index (χ1) is 25.7. The molecule has 1 atom stereocenters. The van der Waals surface area contributed by atoms with Crippen LogP contribution in [0.15, 0.2) is 60.7 Å². The highest BCUT2D eigenvalue weighted by Gasteiger charge is 2.40. The van der Waals surface area contributed by atoms with E-state index in [0.717, 1.165) is 62.1 Å². The van der Waals surface area contributed by atoms with Crippen molar-refractivity contribution >= 4 is 17.5 Å². The molecule has 2 saturated heterocycles. The Hall–Kier alpha value is -4.16. The molecule has 3 aromatic rings. The van der Waals surface area contributed by atoms with Gasteiger partial charge < -0.3 is 44.9 Å². The summed E-state index contributed by atoms with van der Waals surface area (Å²) in [4.78, 5) is 29.5. The number of likely N-dealkylation sites (tertiary alicyclic amines) is 1. The Kier molecular flexibility index (Phi) is 13.3. The van der Waals surface area contributed by atoms with E-state index in [1.807, 2.05) is 23.1 Å². The number of nitrogens with zero attached hydrogens (tertiary/aromatic N) is 2. The van der Waals surface area contributed by atoms with E-state index in [9.17, 15) is 19.8 Å². The van der Waals surface area contributed by atoms with Crippen molar-refractivity contribution in [3.05, 3.63) is 82.9 Å². The number of fused-ring (bicyclic) bond motifs is 1. The topological polar surface area (TPSA) is 133 Å². The van der Waals surface area contributed by atoms with Crippen LogP contribution in [0.5, 0.6) is 17.2 Å². The van der Waals surface area contributed by atoms with E-state index in [2.05, 4.69) is 59.7 Å². The minimum atomic E-state index is -0.291. The molecule has 0 saturated carbocycles. The second kappa shape index (κ2) is 18.2. The third-order valence-corrected chi connectivity index (χ3v) is 11.0. The van der Waals surface area contributed by atoms with Gasteiger partial charge in [-0.2, -0.15) is 0 Å². The molecule has 2 fully saturated rings. The average molecular weight is 729 g/mol. The maximum absolute atomic E-state index is 13.4. The van der Waals surface area contributed by atoms with Crippen LogP contribution in [0.4, 0.5) is 5.69 Å². The highest BCUT2D eigenvalue weighted by molar-refractivity contribution is 5.97. The van der Waals surface area contributed by atoms with E-state index in [-0.39, 0.29) is 35.7 Å². The lowest BCUT2D eigenvalue weighted by molar-refractivity contribution is -0.133. The van der Waals surface area contributed by atoms with Crippen LogP contribution in [0, 0.1) is 0 Å². The molecule has 0 aromatic heterocycles. The van der Waals surface area contributed by atoms with Gasteiger partial charge in [0.1, 0.15) is 17.2 Å². The summed E-state index contributed by atoms with van der Waals surface area (Å²) in [6.07, 6.45) is 5.52. The molecule has 6 rings (SSSR count). The van der Waals surface area contributed by atoms with Crippen LogP contribution < -0.4 is 15.4 Å². The molecule has 0 spiro atoms. The lowest BCUT2D eigenvalue weighted by Gasteiger charge is -2.44. The van der Waals surface area contributed by atoms with Gasteiger partial charge in [0, 0.05) is 43.3 Å².